The van der Waals surface area contributed by atoms with Crippen LogP contribution in [0.4, 0.5) is 4.39 Å². The summed E-state index contributed by atoms with van der Waals surface area (Å²) in [6.07, 6.45) is 3.10. The van der Waals surface area contributed by atoms with E-state index < -0.39 is 24.0 Å². The molecule has 0 spiro atoms. The first kappa shape index (κ1) is 22.8. The molecule has 1 aliphatic heterocycles. The minimum Gasteiger partial charge on any atom is -0.364 e. The number of halogens is 1. The quantitative estimate of drug-likeness (QED) is 0.452. The van der Waals surface area contributed by atoms with E-state index in [2.05, 4.69) is 20.6 Å². The highest BCUT2D eigenvalue weighted by molar-refractivity contribution is 6.05. The molecule has 5 N–H and O–H groups in total. The first-order valence-corrected chi connectivity index (χ1v) is 11.4. The fraction of sp³-hybridized carbons (Fsp3) is 0.391. The maximum Gasteiger partial charge on any atom is 0.269 e. The maximum absolute atomic E-state index is 14.3. The van der Waals surface area contributed by atoms with Crippen molar-refractivity contribution >= 4 is 28.6 Å². The van der Waals surface area contributed by atoms with Gasteiger partial charge in [0.1, 0.15) is 18.8 Å². The second-order valence-electron chi connectivity index (χ2n) is 9.07. The number of hydrogen-bond acceptors (Lipinski definition) is 7. The van der Waals surface area contributed by atoms with Gasteiger partial charge in [0.25, 0.3) is 5.91 Å². The smallest absolute Gasteiger partial charge is 0.269 e. The number of benzene rings is 1. The molecular formula is C23H25FN8O3. The van der Waals surface area contributed by atoms with Crippen LogP contribution in [0.3, 0.4) is 0 Å². The summed E-state index contributed by atoms with van der Waals surface area (Å²) in [5.41, 5.74) is 13.4. The number of likely N-dealkylation sites (tertiary alicyclic amines) is 1. The molecule has 5 rings (SSSR count). The van der Waals surface area contributed by atoms with Gasteiger partial charge < -0.3 is 21.7 Å². The summed E-state index contributed by atoms with van der Waals surface area (Å²) >= 11 is 0. The van der Waals surface area contributed by atoms with E-state index in [0.717, 1.165) is 11.1 Å². The van der Waals surface area contributed by atoms with E-state index in [1.165, 1.54) is 9.58 Å². The molecule has 11 nitrogen and oxygen atoms in total. The Kier molecular flexibility index (Phi) is 5.89. The number of carbonyl (C=O) groups excluding carboxylic acids is 3. The van der Waals surface area contributed by atoms with Gasteiger partial charge in [-0.25, -0.2) is 4.39 Å². The van der Waals surface area contributed by atoms with Crippen LogP contribution in [0.5, 0.6) is 0 Å². The third-order valence-corrected chi connectivity index (χ3v) is 6.58. The molecule has 1 aliphatic carbocycles. The van der Waals surface area contributed by atoms with Crippen molar-refractivity contribution in [1.29, 1.82) is 0 Å². The van der Waals surface area contributed by atoms with E-state index in [4.69, 9.17) is 11.5 Å². The predicted octanol–water partition coefficient (Wildman–Crippen LogP) is 0.137. The van der Waals surface area contributed by atoms with Gasteiger partial charge in [0, 0.05) is 29.5 Å². The lowest BCUT2D eigenvalue weighted by atomic mass is 9.87. The molecule has 3 aromatic rings. The third kappa shape index (κ3) is 4.44. The number of carbonyl (C=O) groups is 3. The average Bonchev–Trinajstić information content (AvgIpc) is 3.39. The van der Waals surface area contributed by atoms with Crippen molar-refractivity contribution in [1.82, 2.24) is 30.2 Å². The number of amides is 3. The largest absolute Gasteiger partial charge is 0.364 e. The number of aromatic nitrogens is 4. The highest BCUT2D eigenvalue weighted by Crippen LogP contribution is 2.27. The molecule has 1 saturated carbocycles. The van der Waals surface area contributed by atoms with Crippen molar-refractivity contribution in [3.05, 3.63) is 42.4 Å². The molecule has 2 atom stereocenters. The lowest BCUT2D eigenvalue weighted by Crippen LogP contribution is -2.55. The molecule has 2 aliphatic rings. The molecule has 182 valence electrons. The number of alkyl halides is 1. The van der Waals surface area contributed by atoms with E-state index in [9.17, 15) is 18.8 Å². The molecule has 1 aromatic carbocycles. The Bertz CT molecular complexity index is 1290. The van der Waals surface area contributed by atoms with Crippen molar-refractivity contribution in [2.75, 3.05) is 6.54 Å². The minimum absolute atomic E-state index is 0.0112. The second-order valence-corrected chi connectivity index (χ2v) is 9.07. The monoisotopic (exact) mass is 480 g/mol. The molecule has 0 bridgehead atoms. The van der Waals surface area contributed by atoms with Crippen LogP contribution in [0.1, 0.15) is 29.8 Å². The normalized spacial score (nSPS) is 23.8. The van der Waals surface area contributed by atoms with E-state index >= 15 is 0 Å². The summed E-state index contributed by atoms with van der Waals surface area (Å²) in [5, 5.41) is 15.2. The van der Waals surface area contributed by atoms with Gasteiger partial charge in [0.2, 0.25) is 11.8 Å². The Morgan fingerprint density at radius 1 is 1.11 bits per heavy atom. The SMILES string of the molecule is NC(=O)c1nn(CC(=O)N2CC(F)CC2C(=O)NC2CC(N)C2)c2ccc(-c3ccnnc3)cc12. The summed E-state index contributed by atoms with van der Waals surface area (Å²) in [5.74, 6) is -1.60. The first-order chi connectivity index (χ1) is 16.8. The molecule has 35 heavy (non-hydrogen) atoms. The van der Waals surface area contributed by atoms with Crippen molar-refractivity contribution in [2.24, 2.45) is 11.5 Å². The van der Waals surface area contributed by atoms with Crippen molar-refractivity contribution in [3.63, 3.8) is 0 Å². The van der Waals surface area contributed by atoms with Crippen LogP contribution < -0.4 is 16.8 Å². The Hall–Kier alpha value is -3.93. The first-order valence-electron chi connectivity index (χ1n) is 11.4. The molecule has 12 heteroatoms. The topological polar surface area (TPSA) is 162 Å². The summed E-state index contributed by atoms with van der Waals surface area (Å²) in [6, 6.07) is 6.15. The van der Waals surface area contributed by atoms with E-state index in [1.54, 1.807) is 36.7 Å². The van der Waals surface area contributed by atoms with Gasteiger partial charge in [-0.15, -0.1) is 0 Å². The minimum atomic E-state index is -1.30. The Morgan fingerprint density at radius 3 is 2.60 bits per heavy atom. The zero-order chi connectivity index (χ0) is 24.7. The fourth-order valence-electron chi connectivity index (χ4n) is 4.73. The second kappa shape index (κ2) is 9.02. The maximum atomic E-state index is 14.3. The molecule has 0 radical (unpaired) electrons. The van der Waals surface area contributed by atoms with E-state index in [-0.39, 0.29) is 43.2 Å². The molecule has 1 saturated heterocycles. The zero-order valence-corrected chi connectivity index (χ0v) is 18.8. The van der Waals surface area contributed by atoms with Gasteiger partial charge in [-0.1, -0.05) is 6.07 Å². The van der Waals surface area contributed by atoms with Crippen LogP contribution >= 0.6 is 0 Å². The highest BCUT2D eigenvalue weighted by Gasteiger charge is 2.41. The Morgan fingerprint density at radius 2 is 1.91 bits per heavy atom. The van der Waals surface area contributed by atoms with E-state index in [1.807, 2.05) is 0 Å². The molecular weight excluding hydrogens is 455 g/mol. The van der Waals surface area contributed by atoms with Crippen molar-refractivity contribution < 1.29 is 18.8 Å². The molecule has 2 aromatic heterocycles. The van der Waals surface area contributed by atoms with Gasteiger partial charge in [0.05, 0.1) is 24.5 Å². The van der Waals surface area contributed by atoms with Gasteiger partial charge >= 0.3 is 0 Å². The fourth-order valence-corrected chi connectivity index (χ4v) is 4.73. The van der Waals surface area contributed by atoms with Crippen LogP contribution in [0.25, 0.3) is 22.0 Å². The number of primary amides is 1. The van der Waals surface area contributed by atoms with Crippen LogP contribution in [0.2, 0.25) is 0 Å². The number of rotatable bonds is 6. The van der Waals surface area contributed by atoms with Gasteiger partial charge in [-0.3, -0.25) is 19.1 Å². The summed E-state index contributed by atoms with van der Waals surface area (Å²) in [7, 11) is 0. The summed E-state index contributed by atoms with van der Waals surface area (Å²) in [4.78, 5) is 39.2. The Balaban J connectivity index is 1.39. The van der Waals surface area contributed by atoms with Crippen LogP contribution in [-0.2, 0) is 16.1 Å². The number of nitrogens with two attached hydrogens (primary N) is 2. The lowest BCUT2D eigenvalue weighted by Gasteiger charge is -2.34. The predicted molar refractivity (Wildman–Crippen MR) is 123 cm³/mol. The summed E-state index contributed by atoms with van der Waals surface area (Å²) < 4.78 is 15.6. The highest BCUT2D eigenvalue weighted by atomic mass is 19.1. The number of nitrogens with zero attached hydrogens (tertiary/aromatic N) is 5. The van der Waals surface area contributed by atoms with Crippen molar-refractivity contribution in [3.8, 4) is 11.1 Å². The molecule has 2 unspecified atom stereocenters. The van der Waals surface area contributed by atoms with Gasteiger partial charge in [-0.05, 0) is 36.6 Å². The zero-order valence-electron chi connectivity index (χ0n) is 18.8. The van der Waals surface area contributed by atoms with Crippen molar-refractivity contribution in [2.45, 2.75) is 50.1 Å². The Labute approximate surface area is 199 Å². The van der Waals surface area contributed by atoms with Crippen LogP contribution in [0, 0.1) is 0 Å². The standard InChI is InChI=1S/C23H25FN8O3/c24-14-6-19(23(35)29-16-7-15(25)8-16)31(10-14)20(33)11-32-18-2-1-12(13-3-4-27-28-9-13)5-17(18)21(30-32)22(26)34/h1-5,9,14-16,19H,6-8,10-11,25H2,(H2,26,34)(H,29,35). The van der Waals surface area contributed by atoms with Gasteiger partial charge in [-0.2, -0.15) is 15.3 Å². The molecule has 2 fully saturated rings. The summed E-state index contributed by atoms with van der Waals surface area (Å²) in [6.45, 7) is -0.451. The average molecular weight is 481 g/mol. The lowest BCUT2D eigenvalue weighted by molar-refractivity contribution is -0.139. The van der Waals surface area contributed by atoms with Crippen LogP contribution in [0.15, 0.2) is 36.7 Å². The number of hydrogen-bond donors (Lipinski definition) is 3. The molecule has 3 heterocycles. The number of fused-ring (bicyclic) bond motifs is 1. The number of nitrogens with one attached hydrogen (secondary N) is 1. The van der Waals surface area contributed by atoms with E-state index in [0.29, 0.717) is 23.7 Å². The van der Waals surface area contributed by atoms with Crippen LogP contribution in [-0.4, -0.2) is 73.4 Å². The van der Waals surface area contributed by atoms with Gasteiger partial charge in [0.15, 0.2) is 5.69 Å². The third-order valence-electron chi connectivity index (χ3n) is 6.58. The molecule has 3 amide bonds.